The SMILES string of the molecule is Cc1ccc(COc2cc(F)cc(Oc3ccc(/C(N)=C(\C#N)C(N)=NC4CCOCC4)cc3)c2)c[n+]1O. The van der Waals surface area contributed by atoms with Gasteiger partial charge in [0.1, 0.15) is 47.2 Å². The Labute approximate surface area is 220 Å². The Morgan fingerprint density at radius 1 is 1.11 bits per heavy atom. The zero-order chi connectivity index (χ0) is 27.1. The Morgan fingerprint density at radius 3 is 2.50 bits per heavy atom. The zero-order valence-corrected chi connectivity index (χ0v) is 20.9. The van der Waals surface area contributed by atoms with Crippen molar-refractivity contribution < 1.29 is 28.5 Å². The molecule has 3 aromatic rings. The second-order valence-electron chi connectivity index (χ2n) is 8.82. The van der Waals surface area contributed by atoms with Gasteiger partial charge in [0.05, 0.1) is 17.3 Å². The lowest BCUT2D eigenvalue weighted by Gasteiger charge is -2.19. The topological polar surface area (TPSA) is 140 Å². The molecule has 0 radical (unpaired) electrons. The molecule has 1 fully saturated rings. The lowest BCUT2D eigenvalue weighted by molar-refractivity contribution is -0.909. The third-order valence-corrected chi connectivity index (χ3v) is 5.99. The van der Waals surface area contributed by atoms with Gasteiger partial charge in [-0.3, -0.25) is 10.2 Å². The first-order chi connectivity index (χ1) is 18.3. The lowest BCUT2D eigenvalue weighted by Crippen LogP contribution is -2.33. The van der Waals surface area contributed by atoms with Crippen LogP contribution in [0.25, 0.3) is 5.70 Å². The van der Waals surface area contributed by atoms with Crippen molar-refractivity contribution in [3.8, 4) is 23.3 Å². The second-order valence-corrected chi connectivity index (χ2v) is 8.82. The van der Waals surface area contributed by atoms with Crippen LogP contribution in [0.3, 0.4) is 0 Å². The fraction of sp³-hybridized carbons (Fsp3) is 0.250. The van der Waals surface area contributed by atoms with Gasteiger partial charge in [0.15, 0.2) is 0 Å². The monoisotopic (exact) mass is 518 g/mol. The molecule has 1 aliphatic rings. The van der Waals surface area contributed by atoms with Gasteiger partial charge in [0.2, 0.25) is 11.9 Å². The summed E-state index contributed by atoms with van der Waals surface area (Å²) in [6.07, 6.45) is 3.01. The van der Waals surface area contributed by atoms with Crippen LogP contribution in [0.4, 0.5) is 4.39 Å². The molecule has 0 amide bonds. The summed E-state index contributed by atoms with van der Waals surface area (Å²) in [5, 5.41) is 19.4. The molecule has 0 atom stereocenters. The summed E-state index contributed by atoms with van der Waals surface area (Å²) in [5.41, 5.74) is 14.6. The summed E-state index contributed by atoms with van der Waals surface area (Å²) in [4.78, 5) is 4.45. The van der Waals surface area contributed by atoms with E-state index in [-0.39, 0.29) is 41.3 Å². The van der Waals surface area contributed by atoms with Gasteiger partial charge in [-0.15, -0.1) is 0 Å². The van der Waals surface area contributed by atoms with Gasteiger partial charge in [0, 0.05) is 49.1 Å². The van der Waals surface area contributed by atoms with Crippen molar-refractivity contribution in [2.45, 2.75) is 32.4 Å². The number of aliphatic imine (C=N–C) groups is 1. The average Bonchev–Trinajstić information content (AvgIpc) is 2.90. The maximum atomic E-state index is 14.2. The minimum atomic E-state index is -0.527. The molecule has 0 spiro atoms. The predicted octanol–water partition coefficient (Wildman–Crippen LogP) is 3.76. The van der Waals surface area contributed by atoms with Crippen LogP contribution in [0.15, 0.2) is 71.4 Å². The number of nitriles is 1. The zero-order valence-electron chi connectivity index (χ0n) is 20.9. The van der Waals surface area contributed by atoms with E-state index in [9.17, 15) is 14.9 Å². The minimum absolute atomic E-state index is 0.00116. The van der Waals surface area contributed by atoms with Crippen molar-refractivity contribution in [2.75, 3.05) is 13.2 Å². The molecule has 1 saturated heterocycles. The summed E-state index contributed by atoms with van der Waals surface area (Å²) in [6.45, 7) is 3.11. The molecule has 38 heavy (non-hydrogen) atoms. The molecule has 0 bridgehead atoms. The average molecular weight is 519 g/mol. The maximum Gasteiger partial charge on any atom is 0.231 e. The van der Waals surface area contributed by atoms with Crippen LogP contribution in [-0.2, 0) is 11.3 Å². The van der Waals surface area contributed by atoms with Crippen LogP contribution in [0.2, 0.25) is 0 Å². The quantitative estimate of drug-likeness (QED) is 0.136. The van der Waals surface area contributed by atoms with Crippen LogP contribution >= 0.6 is 0 Å². The molecule has 0 unspecified atom stereocenters. The number of pyridine rings is 1. The first-order valence-electron chi connectivity index (χ1n) is 12.1. The van der Waals surface area contributed by atoms with Gasteiger partial charge < -0.3 is 25.7 Å². The Kier molecular flexibility index (Phi) is 8.40. The van der Waals surface area contributed by atoms with Crippen molar-refractivity contribution in [3.05, 3.63) is 89.0 Å². The Hall–Kier alpha value is -4.62. The predicted molar refractivity (Wildman–Crippen MR) is 138 cm³/mol. The molecule has 0 saturated carbocycles. The molecule has 196 valence electrons. The first-order valence-corrected chi connectivity index (χ1v) is 12.1. The standard InChI is InChI=1S/C28H29FN5O4/c1-18-2-3-19(16-34(18)35)17-37-24-12-21(29)13-25(14-24)38-23-6-4-20(5-7-23)27(31)26(15-30)28(32)33-22-8-10-36-11-9-22/h2-7,12-14,16,22,35H,8-11,17,31H2,1H3,(H2,32,33)/q+1/b27-26-. The van der Waals surface area contributed by atoms with Crippen LogP contribution in [0.1, 0.15) is 29.7 Å². The summed E-state index contributed by atoms with van der Waals surface area (Å²) in [5.74, 6) is 0.513. The number of amidine groups is 1. The molecule has 1 aromatic heterocycles. The van der Waals surface area contributed by atoms with Gasteiger partial charge in [-0.1, -0.05) is 0 Å². The molecule has 5 N–H and O–H groups in total. The van der Waals surface area contributed by atoms with Gasteiger partial charge in [0.25, 0.3) is 0 Å². The minimum Gasteiger partial charge on any atom is -0.488 e. The summed E-state index contributed by atoms with van der Waals surface area (Å²) >= 11 is 0. The van der Waals surface area contributed by atoms with Crippen LogP contribution in [0, 0.1) is 24.1 Å². The van der Waals surface area contributed by atoms with Crippen LogP contribution in [0.5, 0.6) is 17.2 Å². The molecule has 2 heterocycles. The number of nitrogens with zero attached hydrogens (tertiary/aromatic N) is 3. The summed E-state index contributed by atoms with van der Waals surface area (Å²) in [6, 6.07) is 16.3. The highest BCUT2D eigenvalue weighted by atomic mass is 19.1. The highest BCUT2D eigenvalue weighted by Gasteiger charge is 2.16. The van der Waals surface area contributed by atoms with E-state index in [0.717, 1.165) is 17.6 Å². The Morgan fingerprint density at radius 2 is 1.82 bits per heavy atom. The number of rotatable bonds is 8. The number of ether oxygens (including phenoxy) is 3. The highest BCUT2D eigenvalue weighted by molar-refractivity contribution is 6.07. The van der Waals surface area contributed by atoms with Crippen LogP contribution in [-0.4, -0.2) is 30.3 Å². The molecule has 10 heteroatoms. The third kappa shape index (κ3) is 6.78. The van der Waals surface area contributed by atoms with E-state index in [1.807, 2.05) is 6.07 Å². The number of aromatic nitrogens is 1. The van der Waals surface area contributed by atoms with E-state index >= 15 is 0 Å². The fourth-order valence-electron chi connectivity index (χ4n) is 3.85. The number of hydrogen-bond donors (Lipinski definition) is 3. The summed E-state index contributed by atoms with van der Waals surface area (Å²) in [7, 11) is 0. The highest BCUT2D eigenvalue weighted by Crippen LogP contribution is 2.28. The van der Waals surface area contributed by atoms with Crippen LogP contribution < -0.4 is 25.7 Å². The number of nitrogens with two attached hydrogens (primary N) is 2. The third-order valence-electron chi connectivity index (χ3n) is 5.99. The second kappa shape index (κ2) is 12.1. The fourth-order valence-corrected chi connectivity index (χ4v) is 3.85. The number of benzene rings is 2. The van der Waals surface area contributed by atoms with E-state index in [1.165, 1.54) is 18.3 Å². The Bertz CT molecular complexity index is 1390. The van der Waals surface area contributed by atoms with E-state index in [4.69, 9.17) is 25.7 Å². The number of hydrogen-bond acceptors (Lipinski definition) is 7. The molecule has 2 aromatic carbocycles. The molecule has 4 rings (SSSR count). The number of halogens is 1. The molecule has 9 nitrogen and oxygen atoms in total. The van der Waals surface area contributed by atoms with Crippen molar-refractivity contribution in [1.29, 1.82) is 5.26 Å². The first kappa shape index (κ1) is 26.4. The van der Waals surface area contributed by atoms with E-state index in [0.29, 0.717) is 35.8 Å². The van der Waals surface area contributed by atoms with Crippen molar-refractivity contribution in [1.82, 2.24) is 0 Å². The summed E-state index contributed by atoms with van der Waals surface area (Å²) < 4.78 is 32.0. The molecule has 0 aliphatic carbocycles. The van der Waals surface area contributed by atoms with Crippen molar-refractivity contribution in [2.24, 2.45) is 16.5 Å². The lowest BCUT2D eigenvalue weighted by atomic mass is 10.1. The van der Waals surface area contributed by atoms with Gasteiger partial charge in [-0.2, -0.15) is 5.26 Å². The van der Waals surface area contributed by atoms with Crippen molar-refractivity contribution >= 4 is 11.5 Å². The molecular formula is C28H29FN5O4+. The van der Waals surface area contributed by atoms with Gasteiger partial charge in [-0.25, -0.2) is 4.39 Å². The number of aryl methyl sites for hydroxylation is 1. The Balaban J connectivity index is 1.45. The van der Waals surface area contributed by atoms with Gasteiger partial charge >= 0.3 is 0 Å². The van der Waals surface area contributed by atoms with E-state index < -0.39 is 5.82 Å². The molecular weight excluding hydrogens is 489 g/mol. The molecule has 1 aliphatic heterocycles. The largest absolute Gasteiger partial charge is 0.488 e. The smallest absolute Gasteiger partial charge is 0.231 e. The van der Waals surface area contributed by atoms with E-state index in [1.54, 1.807) is 43.3 Å². The maximum absolute atomic E-state index is 14.2. The van der Waals surface area contributed by atoms with Crippen molar-refractivity contribution in [3.63, 3.8) is 0 Å². The van der Waals surface area contributed by atoms with E-state index in [2.05, 4.69) is 11.1 Å². The normalized spacial score (nSPS) is 14.9. The van der Waals surface area contributed by atoms with Gasteiger partial charge in [-0.05, 0) is 48.7 Å².